The molecule has 0 aliphatic heterocycles. The first-order valence-corrected chi connectivity index (χ1v) is 12.3. The number of benzene rings is 1. The van der Waals surface area contributed by atoms with Gasteiger partial charge in [0.2, 0.25) is 5.95 Å². The molecule has 2 aliphatic rings. The number of halogens is 1. The van der Waals surface area contributed by atoms with Crippen LogP contribution in [0.1, 0.15) is 79.2 Å². The molecular formula is C22H27FN2O3S. The van der Waals surface area contributed by atoms with Crippen molar-refractivity contribution < 1.29 is 17.6 Å². The number of carbonyl (C=O) groups is 1. The Bertz CT molecular complexity index is 988. The van der Waals surface area contributed by atoms with E-state index in [1.807, 2.05) is 0 Å². The Kier molecular flexibility index (Phi) is 5.60. The summed E-state index contributed by atoms with van der Waals surface area (Å²) < 4.78 is 38.1. The SMILES string of the molecule is CS(=O)(=O)c1ccc(C(CC2CCCC2)c2nc(C(=O)C3CCC3)c(F)[nH]2)cc1. The van der Waals surface area contributed by atoms with Crippen LogP contribution < -0.4 is 0 Å². The molecule has 0 saturated heterocycles. The van der Waals surface area contributed by atoms with Crippen LogP contribution in [0.2, 0.25) is 0 Å². The van der Waals surface area contributed by atoms with Crippen LogP contribution in [-0.4, -0.2) is 30.4 Å². The number of aromatic amines is 1. The zero-order valence-electron chi connectivity index (χ0n) is 16.7. The number of Topliss-reactive ketones (excluding diaryl/α,β-unsaturated/α-hetero) is 1. The number of nitrogens with zero attached hydrogens (tertiary/aromatic N) is 1. The Morgan fingerprint density at radius 2 is 1.79 bits per heavy atom. The Hall–Kier alpha value is -2.02. The molecule has 0 spiro atoms. The van der Waals surface area contributed by atoms with Gasteiger partial charge < -0.3 is 4.98 Å². The Morgan fingerprint density at radius 3 is 2.34 bits per heavy atom. The number of sulfone groups is 1. The summed E-state index contributed by atoms with van der Waals surface area (Å²) in [7, 11) is -3.28. The van der Waals surface area contributed by atoms with Crippen LogP contribution in [0, 0.1) is 17.8 Å². The minimum Gasteiger partial charge on any atom is -0.318 e. The molecule has 1 aromatic carbocycles. The van der Waals surface area contributed by atoms with E-state index in [4.69, 9.17) is 0 Å². The normalized spacial score (nSPS) is 19.2. The molecule has 1 heterocycles. The van der Waals surface area contributed by atoms with E-state index < -0.39 is 15.8 Å². The fraction of sp³-hybridized carbons (Fsp3) is 0.545. The standard InChI is InChI=1S/C22H27FN2O3S/c1-29(27,28)17-11-9-15(10-12-17)18(13-14-5-2-3-6-14)22-24-19(21(23)25-22)20(26)16-7-4-8-16/h9-12,14,16,18H,2-8,13H2,1H3,(H,24,25). The highest BCUT2D eigenvalue weighted by molar-refractivity contribution is 7.90. The molecule has 2 saturated carbocycles. The minimum atomic E-state index is -3.28. The zero-order chi connectivity index (χ0) is 20.6. The van der Waals surface area contributed by atoms with Gasteiger partial charge >= 0.3 is 0 Å². The molecule has 2 fully saturated rings. The third kappa shape index (κ3) is 4.29. The summed E-state index contributed by atoms with van der Waals surface area (Å²) in [4.78, 5) is 19.9. The van der Waals surface area contributed by atoms with Gasteiger partial charge in [-0.1, -0.05) is 44.2 Å². The molecular weight excluding hydrogens is 391 g/mol. The maximum absolute atomic E-state index is 14.6. The van der Waals surface area contributed by atoms with Gasteiger partial charge in [0.15, 0.2) is 21.3 Å². The highest BCUT2D eigenvalue weighted by Crippen LogP contribution is 2.38. The van der Waals surface area contributed by atoms with Crippen molar-refractivity contribution in [2.45, 2.75) is 62.2 Å². The quantitative estimate of drug-likeness (QED) is 0.664. The number of H-pyrrole nitrogens is 1. The lowest BCUT2D eigenvalue weighted by Crippen LogP contribution is -2.23. The first-order valence-electron chi connectivity index (χ1n) is 10.4. The van der Waals surface area contributed by atoms with E-state index in [2.05, 4.69) is 9.97 Å². The summed E-state index contributed by atoms with van der Waals surface area (Å²) in [6.07, 6.45) is 9.26. The molecule has 0 bridgehead atoms. The molecule has 1 N–H and O–H groups in total. The maximum Gasteiger partial charge on any atom is 0.222 e. The van der Waals surface area contributed by atoms with Crippen LogP contribution in [0.4, 0.5) is 4.39 Å². The third-order valence-corrected chi connectivity index (χ3v) is 7.60. The molecule has 7 heteroatoms. The van der Waals surface area contributed by atoms with E-state index >= 15 is 0 Å². The average Bonchev–Trinajstić information content (AvgIpc) is 3.27. The summed E-state index contributed by atoms with van der Waals surface area (Å²) >= 11 is 0. The summed E-state index contributed by atoms with van der Waals surface area (Å²) in [6.45, 7) is 0. The highest BCUT2D eigenvalue weighted by Gasteiger charge is 2.32. The monoisotopic (exact) mass is 418 g/mol. The van der Waals surface area contributed by atoms with Gasteiger partial charge in [-0.25, -0.2) is 13.4 Å². The molecule has 0 radical (unpaired) electrons. The van der Waals surface area contributed by atoms with Gasteiger partial charge in [-0.2, -0.15) is 4.39 Å². The number of imidazole rings is 1. The average molecular weight is 419 g/mol. The summed E-state index contributed by atoms with van der Waals surface area (Å²) in [5.74, 6) is -0.172. The molecule has 156 valence electrons. The Morgan fingerprint density at radius 1 is 1.14 bits per heavy atom. The summed E-state index contributed by atoms with van der Waals surface area (Å²) in [6, 6.07) is 6.74. The molecule has 2 aliphatic carbocycles. The van der Waals surface area contributed by atoms with Crippen molar-refractivity contribution in [2.75, 3.05) is 6.26 Å². The van der Waals surface area contributed by atoms with Gasteiger partial charge in [-0.15, -0.1) is 0 Å². The summed E-state index contributed by atoms with van der Waals surface area (Å²) in [5, 5.41) is 0. The van der Waals surface area contributed by atoms with E-state index in [0.29, 0.717) is 11.7 Å². The maximum atomic E-state index is 14.6. The van der Waals surface area contributed by atoms with Crippen molar-refractivity contribution in [2.24, 2.45) is 11.8 Å². The van der Waals surface area contributed by atoms with Crippen molar-refractivity contribution in [1.82, 2.24) is 9.97 Å². The van der Waals surface area contributed by atoms with E-state index in [0.717, 1.165) is 44.1 Å². The van der Waals surface area contributed by atoms with Crippen molar-refractivity contribution in [1.29, 1.82) is 0 Å². The number of rotatable bonds is 7. The second kappa shape index (κ2) is 8.01. The fourth-order valence-electron chi connectivity index (χ4n) is 4.49. The summed E-state index contributed by atoms with van der Waals surface area (Å²) in [5.41, 5.74) is 0.814. The molecule has 0 amide bonds. The van der Waals surface area contributed by atoms with Crippen LogP contribution in [0.25, 0.3) is 0 Å². The number of hydrogen-bond donors (Lipinski definition) is 1. The molecule has 29 heavy (non-hydrogen) atoms. The first-order chi connectivity index (χ1) is 13.8. The lowest BCUT2D eigenvalue weighted by Gasteiger charge is -2.22. The number of nitrogens with one attached hydrogen (secondary N) is 1. The van der Waals surface area contributed by atoms with Crippen LogP contribution in [-0.2, 0) is 9.84 Å². The van der Waals surface area contributed by atoms with Gasteiger partial charge in [0.1, 0.15) is 5.82 Å². The van der Waals surface area contributed by atoms with Gasteiger partial charge in [-0.05, 0) is 42.9 Å². The molecule has 4 rings (SSSR count). The number of carbonyl (C=O) groups excluding carboxylic acids is 1. The molecule has 1 aromatic heterocycles. The Balaban J connectivity index is 1.66. The van der Waals surface area contributed by atoms with Crippen molar-refractivity contribution >= 4 is 15.6 Å². The van der Waals surface area contributed by atoms with Gasteiger partial charge in [0.25, 0.3) is 0 Å². The highest BCUT2D eigenvalue weighted by atomic mass is 32.2. The Labute approximate surface area is 171 Å². The predicted molar refractivity (Wildman–Crippen MR) is 108 cm³/mol. The zero-order valence-corrected chi connectivity index (χ0v) is 17.5. The number of ketones is 1. The van der Waals surface area contributed by atoms with E-state index in [1.54, 1.807) is 24.3 Å². The van der Waals surface area contributed by atoms with E-state index in [1.165, 1.54) is 19.1 Å². The predicted octanol–water partition coefficient (Wildman–Crippen LogP) is 4.65. The van der Waals surface area contributed by atoms with Gasteiger partial charge in [-0.3, -0.25) is 4.79 Å². The van der Waals surface area contributed by atoms with Crippen molar-refractivity contribution in [3.63, 3.8) is 0 Å². The van der Waals surface area contributed by atoms with Crippen LogP contribution in [0.5, 0.6) is 0 Å². The van der Waals surface area contributed by atoms with E-state index in [-0.39, 0.29) is 28.2 Å². The second-order valence-electron chi connectivity index (χ2n) is 8.56. The topological polar surface area (TPSA) is 79.9 Å². The first kappa shape index (κ1) is 20.3. The van der Waals surface area contributed by atoms with Crippen molar-refractivity contribution in [3.05, 3.63) is 47.3 Å². The number of hydrogen-bond acceptors (Lipinski definition) is 4. The molecule has 1 unspecified atom stereocenters. The lowest BCUT2D eigenvalue weighted by atomic mass is 9.81. The van der Waals surface area contributed by atoms with E-state index in [9.17, 15) is 17.6 Å². The van der Waals surface area contributed by atoms with Crippen LogP contribution in [0.15, 0.2) is 29.2 Å². The largest absolute Gasteiger partial charge is 0.318 e. The third-order valence-electron chi connectivity index (χ3n) is 6.47. The molecule has 1 atom stereocenters. The fourth-order valence-corrected chi connectivity index (χ4v) is 5.12. The lowest BCUT2D eigenvalue weighted by molar-refractivity contribution is 0.0845. The minimum absolute atomic E-state index is 0.0751. The number of aromatic nitrogens is 2. The van der Waals surface area contributed by atoms with Crippen LogP contribution >= 0.6 is 0 Å². The molecule has 2 aromatic rings. The van der Waals surface area contributed by atoms with Crippen molar-refractivity contribution in [3.8, 4) is 0 Å². The van der Waals surface area contributed by atoms with Crippen LogP contribution in [0.3, 0.4) is 0 Å². The molecule has 5 nitrogen and oxygen atoms in total. The van der Waals surface area contributed by atoms with Gasteiger partial charge in [0, 0.05) is 18.1 Å². The smallest absolute Gasteiger partial charge is 0.222 e. The van der Waals surface area contributed by atoms with Gasteiger partial charge in [0.05, 0.1) is 4.90 Å². The second-order valence-corrected chi connectivity index (χ2v) is 10.6.